The van der Waals surface area contributed by atoms with Gasteiger partial charge < -0.3 is 19.7 Å². The van der Waals surface area contributed by atoms with Gasteiger partial charge in [0.1, 0.15) is 0 Å². The number of likely N-dealkylation sites (N-methyl/N-ethyl adjacent to an activating group) is 1. The Balaban J connectivity index is 1.26. The molecule has 0 aromatic heterocycles. The van der Waals surface area contributed by atoms with Crippen LogP contribution in [0, 0.1) is 0 Å². The predicted octanol–water partition coefficient (Wildman–Crippen LogP) is 5.58. The van der Waals surface area contributed by atoms with Gasteiger partial charge in [-0.15, -0.1) is 0 Å². The molecule has 2 heterocycles. The standard InChI is InChI=1S/C36H36N2O6/c1-23(33(40)26-9-4-3-5-10-26)37(2)21-29-20-32(25-17-15-24(22-39)16-18-25)44-36(43-29)27-11-8-12-28(19-27)38-34(41)30-13-6-7-14-31(30)35(38)42/h3-19,23,29,32-33,36,39-40H,20-22H2,1-2H3/t23-,29+,32-,33-,36-/m1/s1. The molecule has 2 amide bonds. The molecule has 5 atom stereocenters. The van der Waals surface area contributed by atoms with Gasteiger partial charge in [-0.05, 0) is 54.9 Å². The van der Waals surface area contributed by atoms with Crippen LogP contribution in [0.1, 0.15) is 74.8 Å². The van der Waals surface area contributed by atoms with Crippen molar-refractivity contribution in [1.29, 1.82) is 0 Å². The first-order valence-corrected chi connectivity index (χ1v) is 14.9. The van der Waals surface area contributed by atoms with Gasteiger partial charge in [-0.2, -0.15) is 0 Å². The average molecular weight is 593 g/mol. The number of amides is 2. The second kappa shape index (κ2) is 12.8. The van der Waals surface area contributed by atoms with Gasteiger partial charge in [0.25, 0.3) is 11.8 Å². The molecule has 2 aliphatic heterocycles. The quantitative estimate of drug-likeness (QED) is 0.245. The summed E-state index contributed by atoms with van der Waals surface area (Å²) in [5.74, 6) is -0.721. The largest absolute Gasteiger partial charge is 0.392 e. The first-order valence-electron chi connectivity index (χ1n) is 14.9. The lowest BCUT2D eigenvalue weighted by Crippen LogP contribution is -2.43. The van der Waals surface area contributed by atoms with E-state index in [1.165, 1.54) is 4.90 Å². The predicted molar refractivity (Wildman–Crippen MR) is 166 cm³/mol. The van der Waals surface area contributed by atoms with Crippen LogP contribution >= 0.6 is 0 Å². The number of anilines is 1. The van der Waals surface area contributed by atoms with E-state index in [2.05, 4.69) is 4.90 Å². The Hall–Kier alpha value is -4.18. The topological polar surface area (TPSA) is 99.5 Å². The number of carbonyl (C=O) groups is 2. The zero-order chi connectivity index (χ0) is 30.8. The molecule has 4 aromatic carbocycles. The Morgan fingerprint density at radius 2 is 1.50 bits per heavy atom. The van der Waals surface area contributed by atoms with Crippen molar-refractivity contribution in [2.45, 2.75) is 50.6 Å². The van der Waals surface area contributed by atoms with Crippen LogP contribution in [0.25, 0.3) is 0 Å². The van der Waals surface area contributed by atoms with Gasteiger partial charge in [0.2, 0.25) is 0 Å². The number of aliphatic hydroxyl groups is 2. The lowest BCUT2D eigenvalue weighted by Gasteiger charge is -2.39. The molecule has 0 aliphatic carbocycles. The maximum Gasteiger partial charge on any atom is 0.266 e. The van der Waals surface area contributed by atoms with Crippen molar-refractivity contribution in [3.8, 4) is 0 Å². The zero-order valence-electron chi connectivity index (χ0n) is 24.7. The SMILES string of the molecule is C[C@H]([C@@H](O)c1ccccc1)N(C)C[C@@H]1C[C@H](c2ccc(CO)cc2)O[C@H](c2cccc(N3C(=O)c4ccccc4C3=O)c2)O1. The summed E-state index contributed by atoms with van der Waals surface area (Å²) in [6.07, 6.45) is -1.43. The van der Waals surface area contributed by atoms with E-state index in [0.717, 1.165) is 16.7 Å². The Bertz CT molecular complexity index is 1590. The number of carbonyl (C=O) groups excluding carboxylic acids is 2. The number of ether oxygens (including phenoxy) is 2. The van der Waals surface area contributed by atoms with Gasteiger partial charge in [-0.3, -0.25) is 14.5 Å². The number of aliphatic hydroxyl groups excluding tert-OH is 2. The number of nitrogens with zero attached hydrogens (tertiary/aromatic N) is 2. The fraction of sp³-hybridized carbons (Fsp3) is 0.278. The average Bonchev–Trinajstić information content (AvgIpc) is 3.33. The smallest absolute Gasteiger partial charge is 0.266 e. The minimum absolute atomic E-state index is 0.0445. The highest BCUT2D eigenvalue weighted by Gasteiger charge is 2.38. The van der Waals surface area contributed by atoms with Gasteiger partial charge in [-0.1, -0.05) is 78.9 Å². The summed E-state index contributed by atoms with van der Waals surface area (Å²) in [5.41, 5.74) is 4.51. The van der Waals surface area contributed by atoms with Crippen LogP contribution in [-0.4, -0.2) is 52.7 Å². The van der Waals surface area contributed by atoms with Crippen molar-refractivity contribution >= 4 is 17.5 Å². The maximum atomic E-state index is 13.2. The van der Waals surface area contributed by atoms with Crippen LogP contribution in [0.2, 0.25) is 0 Å². The molecule has 2 aliphatic rings. The highest BCUT2D eigenvalue weighted by molar-refractivity contribution is 6.34. The van der Waals surface area contributed by atoms with Crippen LogP contribution in [0.15, 0.2) is 103 Å². The molecule has 1 fully saturated rings. The van der Waals surface area contributed by atoms with Crippen molar-refractivity contribution in [2.24, 2.45) is 0 Å². The van der Waals surface area contributed by atoms with Crippen molar-refractivity contribution < 1.29 is 29.3 Å². The lowest BCUT2D eigenvalue weighted by atomic mass is 9.98. The number of fused-ring (bicyclic) bond motifs is 1. The summed E-state index contributed by atoms with van der Waals surface area (Å²) in [6, 6.07) is 31.1. The number of rotatable bonds is 9. The van der Waals surface area contributed by atoms with Crippen molar-refractivity contribution in [3.63, 3.8) is 0 Å². The van der Waals surface area contributed by atoms with E-state index in [4.69, 9.17) is 9.47 Å². The van der Waals surface area contributed by atoms with Gasteiger partial charge in [0.15, 0.2) is 6.29 Å². The first-order chi connectivity index (χ1) is 21.3. The highest BCUT2D eigenvalue weighted by atomic mass is 16.7. The molecule has 4 aromatic rings. The van der Waals surface area contributed by atoms with Crippen molar-refractivity contribution in [3.05, 3.63) is 137 Å². The van der Waals surface area contributed by atoms with Gasteiger partial charge in [-0.25, -0.2) is 4.90 Å². The fourth-order valence-electron chi connectivity index (χ4n) is 5.92. The van der Waals surface area contributed by atoms with E-state index >= 15 is 0 Å². The summed E-state index contributed by atoms with van der Waals surface area (Å²) in [4.78, 5) is 29.6. The molecule has 6 rings (SSSR count). The van der Waals surface area contributed by atoms with Crippen molar-refractivity contribution in [1.82, 2.24) is 4.90 Å². The van der Waals surface area contributed by atoms with Crippen LogP contribution in [-0.2, 0) is 16.1 Å². The normalized spacial score (nSPS) is 21.4. The van der Waals surface area contributed by atoms with Gasteiger partial charge >= 0.3 is 0 Å². The summed E-state index contributed by atoms with van der Waals surface area (Å²) >= 11 is 0. The second-order valence-electron chi connectivity index (χ2n) is 11.5. The van der Waals surface area contributed by atoms with Crippen LogP contribution in [0.3, 0.4) is 0 Å². The monoisotopic (exact) mass is 592 g/mol. The Morgan fingerprint density at radius 3 is 2.16 bits per heavy atom. The molecule has 8 heteroatoms. The zero-order valence-corrected chi connectivity index (χ0v) is 24.7. The number of hydrogen-bond donors (Lipinski definition) is 2. The molecule has 226 valence electrons. The van der Waals surface area contributed by atoms with Crippen LogP contribution < -0.4 is 4.90 Å². The second-order valence-corrected chi connectivity index (χ2v) is 11.5. The number of benzene rings is 4. The molecule has 0 spiro atoms. The lowest BCUT2D eigenvalue weighted by molar-refractivity contribution is -0.253. The molecule has 0 saturated carbocycles. The fourth-order valence-corrected chi connectivity index (χ4v) is 5.92. The van der Waals surface area contributed by atoms with E-state index in [-0.39, 0.29) is 36.7 Å². The van der Waals surface area contributed by atoms with E-state index < -0.39 is 12.4 Å². The minimum Gasteiger partial charge on any atom is -0.392 e. The van der Waals surface area contributed by atoms with Crippen molar-refractivity contribution in [2.75, 3.05) is 18.5 Å². The molecule has 44 heavy (non-hydrogen) atoms. The number of imide groups is 1. The van der Waals surface area contributed by atoms with Gasteiger partial charge in [0, 0.05) is 24.6 Å². The van der Waals surface area contributed by atoms with E-state index in [1.807, 2.05) is 74.6 Å². The van der Waals surface area contributed by atoms with Crippen LogP contribution in [0.4, 0.5) is 5.69 Å². The third-order valence-corrected chi connectivity index (χ3v) is 8.59. The summed E-state index contributed by atoms with van der Waals surface area (Å²) in [7, 11) is 1.97. The van der Waals surface area contributed by atoms with E-state index in [1.54, 1.807) is 42.5 Å². The van der Waals surface area contributed by atoms with E-state index in [0.29, 0.717) is 35.3 Å². The maximum absolute atomic E-state index is 13.2. The molecule has 0 radical (unpaired) electrons. The molecule has 1 saturated heterocycles. The van der Waals surface area contributed by atoms with E-state index in [9.17, 15) is 19.8 Å². The number of hydrogen-bond acceptors (Lipinski definition) is 7. The van der Waals surface area contributed by atoms with Crippen LogP contribution in [0.5, 0.6) is 0 Å². The van der Waals surface area contributed by atoms with Gasteiger partial charge in [0.05, 0.1) is 41.7 Å². The summed E-state index contributed by atoms with van der Waals surface area (Å²) in [6.45, 7) is 2.48. The molecular weight excluding hydrogens is 556 g/mol. The summed E-state index contributed by atoms with van der Waals surface area (Å²) in [5, 5.41) is 20.6. The molecular formula is C36H36N2O6. The molecule has 0 unspecified atom stereocenters. The first kappa shape index (κ1) is 29.9. The third-order valence-electron chi connectivity index (χ3n) is 8.59. The minimum atomic E-state index is -0.769. The Morgan fingerprint density at radius 1 is 0.841 bits per heavy atom. The molecule has 8 nitrogen and oxygen atoms in total. The highest BCUT2D eigenvalue weighted by Crippen LogP contribution is 2.40. The molecule has 0 bridgehead atoms. The Kier molecular flexibility index (Phi) is 8.70. The summed E-state index contributed by atoms with van der Waals surface area (Å²) < 4.78 is 13.0. The molecule has 2 N–H and O–H groups in total. The third kappa shape index (κ3) is 5.95. The Labute approximate surface area is 257 Å².